The molecule has 8 heteroatoms. The van der Waals surface area contributed by atoms with Crippen molar-refractivity contribution in [2.45, 2.75) is 18.2 Å². The monoisotopic (exact) mass is 354 g/mol. The highest BCUT2D eigenvalue weighted by molar-refractivity contribution is 8.16. The van der Waals surface area contributed by atoms with E-state index in [-0.39, 0.29) is 35.3 Å². The third kappa shape index (κ3) is 3.44. The summed E-state index contributed by atoms with van der Waals surface area (Å²) >= 11 is 1.37. The second kappa shape index (κ2) is 6.26. The van der Waals surface area contributed by atoms with Crippen molar-refractivity contribution >= 4 is 38.4 Å². The third-order valence-corrected chi connectivity index (χ3v) is 7.08. The summed E-state index contributed by atoms with van der Waals surface area (Å²) in [5.41, 5.74) is 1.97. The van der Waals surface area contributed by atoms with Crippen LogP contribution in [0.4, 0.5) is 5.69 Å². The average molecular weight is 354 g/mol. The summed E-state index contributed by atoms with van der Waals surface area (Å²) in [6.07, 6.45) is 0. The minimum atomic E-state index is -3.04. The van der Waals surface area contributed by atoms with Gasteiger partial charge in [-0.25, -0.2) is 8.42 Å². The molecule has 1 aromatic rings. The Morgan fingerprint density at radius 2 is 2.04 bits per heavy atom. The first-order valence-corrected chi connectivity index (χ1v) is 9.93. The number of rotatable bonds is 3. The zero-order valence-electron chi connectivity index (χ0n) is 12.9. The van der Waals surface area contributed by atoms with Gasteiger partial charge in [0.2, 0.25) is 0 Å². The number of carbonyl (C=O) groups excluding carboxylic acids is 1. The smallest absolute Gasteiger partial charge is 0.274 e. The summed E-state index contributed by atoms with van der Waals surface area (Å²) in [6, 6.07) is 7.61. The van der Waals surface area contributed by atoms with Crippen LogP contribution in [0.3, 0.4) is 0 Å². The molecular formula is C15H18N2O4S2. The number of methoxy groups -OCH3 is 1. The lowest BCUT2D eigenvalue weighted by Gasteiger charge is -2.24. The van der Waals surface area contributed by atoms with Crippen molar-refractivity contribution in [2.24, 2.45) is 4.99 Å². The third-order valence-electron chi connectivity index (χ3n) is 3.87. The molecule has 2 atom stereocenters. The maximum atomic E-state index is 11.9. The summed E-state index contributed by atoms with van der Waals surface area (Å²) in [6.45, 7) is 1.90. The Bertz CT molecular complexity index is 743. The Morgan fingerprint density at radius 3 is 2.70 bits per heavy atom. The topological polar surface area (TPSA) is 76.0 Å². The molecule has 2 aliphatic heterocycles. The molecule has 6 nitrogen and oxygen atoms in total. The molecule has 3 rings (SSSR count). The van der Waals surface area contributed by atoms with E-state index in [1.165, 1.54) is 18.9 Å². The van der Waals surface area contributed by atoms with E-state index in [9.17, 15) is 13.2 Å². The lowest BCUT2D eigenvalue weighted by atomic mass is 10.1. The molecule has 2 saturated heterocycles. The molecule has 2 unspecified atom stereocenters. The molecule has 0 saturated carbocycles. The zero-order valence-corrected chi connectivity index (χ0v) is 14.6. The summed E-state index contributed by atoms with van der Waals surface area (Å²) in [7, 11) is -1.60. The standard InChI is InChI=1S/C15H18N2O4S2/c1-10-3-5-11(6-4-10)17-12-8-23(19,20)9-13(12)22-15(17)16-14(18)7-21-2/h3-6,12-13H,7-9H2,1-2H3. The lowest BCUT2D eigenvalue weighted by molar-refractivity contribution is -0.121. The van der Waals surface area contributed by atoms with Gasteiger partial charge in [0.15, 0.2) is 15.0 Å². The molecule has 2 fully saturated rings. The highest BCUT2D eigenvalue weighted by atomic mass is 32.2. The number of aryl methyl sites for hydroxylation is 1. The lowest BCUT2D eigenvalue weighted by Crippen LogP contribution is -2.37. The van der Waals surface area contributed by atoms with Crippen molar-refractivity contribution in [1.82, 2.24) is 0 Å². The number of fused-ring (bicyclic) bond motifs is 1. The van der Waals surface area contributed by atoms with Gasteiger partial charge in [-0.15, -0.1) is 0 Å². The number of ether oxygens (including phenoxy) is 1. The molecule has 2 aliphatic rings. The van der Waals surface area contributed by atoms with Crippen LogP contribution in [0.15, 0.2) is 29.3 Å². The van der Waals surface area contributed by atoms with Crippen LogP contribution in [0.5, 0.6) is 0 Å². The van der Waals surface area contributed by atoms with Gasteiger partial charge >= 0.3 is 0 Å². The van der Waals surface area contributed by atoms with E-state index in [1.54, 1.807) is 0 Å². The molecule has 124 valence electrons. The molecule has 0 aliphatic carbocycles. The van der Waals surface area contributed by atoms with Crippen LogP contribution in [-0.4, -0.2) is 56.0 Å². The number of thioether (sulfide) groups is 1. The van der Waals surface area contributed by atoms with Crippen LogP contribution in [0.1, 0.15) is 5.56 Å². The van der Waals surface area contributed by atoms with Gasteiger partial charge < -0.3 is 9.64 Å². The number of amidine groups is 1. The zero-order chi connectivity index (χ0) is 16.6. The number of sulfone groups is 1. The Kier molecular flexibility index (Phi) is 4.48. The molecule has 23 heavy (non-hydrogen) atoms. The summed E-state index contributed by atoms with van der Waals surface area (Å²) in [5.74, 6) is -0.145. The van der Waals surface area contributed by atoms with Gasteiger partial charge in [0.1, 0.15) is 6.61 Å². The number of hydrogen-bond donors (Lipinski definition) is 0. The van der Waals surface area contributed by atoms with Gasteiger partial charge in [-0.2, -0.15) is 4.99 Å². The van der Waals surface area contributed by atoms with Crippen LogP contribution in [-0.2, 0) is 19.4 Å². The van der Waals surface area contributed by atoms with Gasteiger partial charge in [-0.1, -0.05) is 29.5 Å². The quantitative estimate of drug-likeness (QED) is 0.813. The van der Waals surface area contributed by atoms with Crippen LogP contribution >= 0.6 is 11.8 Å². The van der Waals surface area contributed by atoms with Crippen LogP contribution < -0.4 is 4.90 Å². The Balaban J connectivity index is 1.97. The number of benzene rings is 1. The number of amides is 1. The number of nitrogens with zero attached hydrogens (tertiary/aromatic N) is 2. The fourth-order valence-corrected chi connectivity index (χ4v) is 6.77. The van der Waals surface area contributed by atoms with E-state index in [0.717, 1.165) is 11.3 Å². The second-order valence-corrected chi connectivity index (χ2v) is 9.09. The fourth-order valence-electron chi connectivity index (χ4n) is 2.83. The van der Waals surface area contributed by atoms with Crippen molar-refractivity contribution in [3.8, 4) is 0 Å². The highest BCUT2D eigenvalue weighted by Gasteiger charge is 2.49. The number of anilines is 1. The first-order valence-electron chi connectivity index (χ1n) is 7.23. The van der Waals surface area contributed by atoms with Gasteiger partial charge in [0.05, 0.1) is 17.5 Å². The minimum Gasteiger partial charge on any atom is -0.375 e. The predicted molar refractivity (Wildman–Crippen MR) is 91.8 cm³/mol. The van der Waals surface area contributed by atoms with E-state index < -0.39 is 9.84 Å². The molecule has 2 heterocycles. The minimum absolute atomic E-state index is 0.0839. The van der Waals surface area contributed by atoms with Crippen molar-refractivity contribution in [1.29, 1.82) is 0 Å². The van der Waals surface area contributed by atoms with Crippen LogP contribution in [0.2, 0.25) is 0 Å². The highest BCUT2D eigenvalue weighted by Crippen LogP contribution is 2.40. The molecule has 0 N–H and O–H groups in total. The molecule has 1 aromatic carbocycles. The van der Waals surface area contributed by atoms with Gasteiger partial charge in [0.25, 0.3) is 5.91 Å². The summed E-state index contributed by atoms with van der Waals surface area (Å²) in [4.78, 5) is 17.8. The SMILES string of the molecule is COCC(=O)N=C1SC2CS(=O)(=O)CC2N1c1ccc(C)cc1. The second-order valence-electron chi connectivity index (χ2n) is 5.73. The maximum absolute atomic E-state index is 11.9. The van der Waals surface area contributed by atoms with Crippen molar-refractivity contribution in [3.05, 3.63) is 29.8 Å². The first-order chi connectivity index (χ1) is 10.9. The van der Waals surface area contributed by atoms with E-state index in [4.69, 9.17) is 4.74 Å². The first kappa shape index (κ1) is 16.5. The van der Waals surface area contributed by atoms with E-state index >= 15 is 0 Å². The van der Waals surface area contributed by atoms with E-state index in [2.05, 4.69) is 4.99 Å². The number of carbonyl (C=O) groups is 1. The van der Waals surface area contributed by atoms with E-state index in [1.807, 2.05) is 36.1 Å². The fraction of sp³-hybridized carbons (Fsp3) is 0.467. The molecule has 0 aromatic heterocycles. The molecular weight excluding hydrogens is 336 g/mol. The van der Waals surface area contributed by atoms with Gasteiger partial charge in [0, 0.05) is 18.0 Å². The van der Waals surface area contributed by atoms with Crippen LogP contribution in [0.25, 0.3) is 0 Å². The Hall–Kier alpha value is -1.38. The van der Waals surface area contributed by atoms with E-state index in [0.29, 0.717) is 5.17 Å². The number of aliphatic imine (C=N–C) groups is 1. The summed E-state index contributed by atoms with van der Waals surface area (Å²) in [5, 5.41) is 0.469. The van der Waals surface area contributed by atoms with Crippen molar-refractivity contribution < 1.29 is 17.9 Å². The maximum Gasteiger partial charge on any atom is 0.274 e. The predicted octanol–water partition coefficient (Wildman–Crippen LogP) is 1.24. The average Bonchev–Trinajstić information content (AvgIpc) is 2.91. The largest absolute Gasteiger partial charge is 0.375 e. The van der Waals surface area contributed by atoms with Crippen molar-refractivity contribution in [2.75, 3.05) is 30.1 Å². The summed E-state index contributed by atoms with van der Waals surface area (Å²) < 4.78 is 28.7. The van der Waals surface area contributed by atoms with Crippen LogP contribution in [0, 0.1) is 6.92 Å². The molecule has 0 radical (unpaired) electrons. The van der Waals surface area contributed by atoms with Crippen molar-refractivity contribution in [3.63, 3.8) is 0 Å². The number of hydrogen-bond acceptors (Lipinski definition) is 5. The normalized spacial score (nSPS) is 27.4. The molecule has 0 spiro atoms. The molecule has 1 amide bonds. The Morgan fingerprint density at radius 1 is 1.35 bits per heavy atom. The van der Waals surface area contributed by atoms with Gasteiger partial charge in [-0.05, 0) is 19.1 Å². The molecule has 0 bridgehead atoms. The van der Waals surface area contributed by atoms with Gasteiger partial charge in [-0.3, -0.25) is 4.79 Å². The Labute approximate surface area is 139 Å².